The van der Waals surface area contributed by atoms with E-state index in [1.807, 2.05) is 0 Å². The molecule has 1 aromatic rings. The van der Waals surface area contributed by atoms with E-state index in [-0.39, 0.29) is 0 Å². The molecule has 1 aliphatic heterocycles. The first-order valence-electron chi connectivity index (χ1n) is 7.15. The summed E-state index contributed by atoms with van der Waals surface area (Å²) >= 11 is 6.08. The summed E-state index contributed by atoms with van der Waals surface area (Å²) in [5, 5.41) is 0. The Hall–Kier alpha value is -0.690. The minimum absolute atomic E-state index is 0.617. The van der Waals surface area contributed by atoms with Gasteiger partial charge in [-0.15, -0.1) is 11.6 Å². The van der Waals surface area contributed by atoms with Crippen LogP contribution < -0.4 is 4.90 Å². The van der Waals surface area contributed by atoms with Crippen molar-refractivity contribution in [3.63, 3.8) is 0 Å². The first-order valence-corrected chi connectivity index (χ1v) is 7.68. The number of nitrogens with zero attached hydrogens (tertiary/aromatic N) is 1. The van der Waals surface area contributed by atoms with Gasteiger partial charge in [-0.1, -0.05) is 37.5 Å². The van der Waals surface area contributed by atoms with E-state index in [4.69, 9.17) is 11.6 Å². The standard InChI is InChI=1S/C16H24ClN/c1-3-4-14-7-9-18(10-8-14)16-6-5-13(2)11-15(16)12-17/h5-6,11,14H,3-4,7-10,12H2,1-2H3. The van der Waals surface area contributed by atoms with Crippen LogP contribution >= 0.6 is 11.6 Å². The van der Waals surface area contributed by atoms with Crippen molar-refractivity contribution in [2.75, 3.05) is 18.0 Å². The third-order valence-corrected chi connectivity index (χ3v) is 4.32. The Balaban J connectivity index is 2.05. The Morgan fingerprint density at radius 2 is 2.00 bits per heavy atom. The second-order valence-electron chi connectivity index (χ2n) is 5.48. The van der Waals surface area contributed by atoms with Crippen LogP contribution in [0.25, 0.3) is 0 Å². The maximum absolute atomic E-state index is 6.08. The van der Waals surface area contributed by atoms with Gasteiger partial charge in [-0.2, -0.15) is 0 Å². The number of aryl methyl sites for hydroxylation is 1. The van der Waals surface area contributed by atoms with E-state index in [0.29, 0.717) is 5.88 Å². The Labute approximate surface area is 116 Å². The molecule has 0 aliphatic carbocycles. The first kappa shape index (κ1) is 13.7. The van der Waals surface area contributed by atoms with E-state index in [1.54, 1.807) is 0 Å². The molecule has 0 atom stereocenters. The highest BCUT2D eigenvalue weighted by atomic mass is 35.5. The average Bonchev–Trinajstić information content (AvgIpc) is 2.40. The predicted molar refractivity (Wildman–Crippen MR) is 80.6 cm³/mol. The molecule has 1 fully saturated rings. The molecule has 1 aliphatic rings. The molecule has 1 aromatic carbocycles. The third kappa shape index (κ3) is 3.20. The van der Waals surface area contributed by atoms with Crippen LogP contribution in [0.3, 0.4) is 0 Å². The molecule has 0 amide bonds. The van der Waals surface area contributed by atoms with Crippen LogP contribution in [0, 0.1) is 12.8 Å². The summed E-state index contributed by atoms with van der Waals surface area (Å²) in [6, 6.07) is 6.66. The molecule has 0 spiro atoms. The van der Waals surface area contributed by atoms with Gasteiger partial charge >= 0.3 is 0 Å². The molecule has 0 bridgehead atoms. The zero-order chi connectivity index (χ0) is 13.0. The molecule has 0 N–H and O–H groups in total. The summed E-state index contributed by atoms with van der Waals surface area (Å²) in [7, 11) is 0. The first-order chi connectivity index (χ1) is 8.74. The zero-order valence-electron chi connectivity index (χ0n) is 11.6. The lowest BCUT2D eigenvalue weighted by molar-refractivity contribution is 0.378. The summed E-state index contributed by atoms with van der Waals surface area (Å²) in [6.07, 6.45) is 5.39. The fourth-order valence-corrected chi connectivity index (χ4v) is 3.21. The Bertz CT molecular complexity index is 381. The number of rotatable bonds is 4. The Kier molecular flexibility index (Phi) is 4.94. The highest BCUT2D eigenvalue weighted by molar-refractivity contribution is 6.17. The van der Waals surface area contributed by atoms with Crippen molar-refractivity contribution in [3.8, 4) is 0 Å². The van der Waals surface area contributed by atoms with Crippen molar-refractivity contribution in [2.24, 2.45) is 5.92 Å². The SMILES string of the molecule is CCCC1CCN(c2ccc(C)cc2CCl)CC1. The molecule has 2 rings (SSSR count). The second-order valence-corrected chi connectivity index (χ2v) is 5.75. The van der Waals surface area contributed by atoms with Gasteiger partial charge in [0.2, 0.25) is 0 Å². The van der Waals surface area contributed by atoms with Crippen molar-refractivity contribution < 1.29 is 0 Å². The third-order valence-electron chi connectivity index (χ3n) is 4.03. The van der Waals surface area contributed by atoms with Crippen molar-refractivity contribution >= 4 is 17.3 Å². The quantitative estimate of drug-likeness (QED) is 0.710. The molecule has 0 radical (unpaired) electrons. The largest absolute Gasteiger partial charge is 0.371 e. The van der Waals surface area contributed by atoms with Crippen molar-refractivity contribution in [2.45, 2.75) is 45.4 Å². The Morgan fingerprint density at radius 1 is 1.28 bits per heavy atom. The lowest BCUT2D eigenvalue weighted by atomic mass is 9.92. The Morgan fingerprint density at radius 3 is 2.61 bits per heavy atom. The van der Waals surface area contributed by atoms with Gasteiger partial charge in [0.1, 0.15) is 0 Å². The van der Waals surface area contributed by atoms with Crippen molar-refractivity contribution in [3.05, 3.63) is 29.3 Å². The topological polar surface area (TPSA) is 3.24 Å². The molecule has 1 heterocycles. The van der Waals surface area contributed by atoms with Gasteiger partial charge in [-0.25, -0.2) is 0 Å². The van der Waals surface area contributed by atoms with E-state index in [0.717, 1.165) is 5.92 Å². The number of anilines is 1. The number of hydrogen-bond donors (Lipinski definition) is 0. The fourth-order valence-electron chi connectivity index (χ4n) is 3.00. The lowest BCUT2D eigenvalue weighted by Gasteiger charge is -2.34. The lowest BCUT2D eigenvalue weighted by Crippen LogP contribution is -2.34. The van der Waals surface area contributed by atoms with E-state index in [2.05, 4.69) is 36.9 Å². The summed E-state index contributed by atoms with van der Waals surface area (Å²) in [6.45, 7) is 6.81. The predicted octanol–water partition coefficient (Wildman–Crippen LogP) is 4.75. The van der Waals surface area contributed by atoms with Gasteiger partial charge in [0, 0.05) is 24.7 Å². The van der Waals surface area contributed by atoms with Gasteiger partial charge in [0.15, 0.2) is 0 Å². The molecule has 100 valence electrons. The molecule has 0 saturated carbocycles. The smallest absolute Gasteiger partial charge is 0.0494 e. The minimum Gasteiger partial charge on any atom is -0.371 e. The maximum atomic E-state index is 6.08. The van der Waals surface area contributed by atoms with Crippen molar-refractivity contribution in [1.82, 2.24) is 0 Å². The number of benzene rings is 1. The molecule has 18 heavy (non-hydrogen) atoms. The van der Waals surface area contributed by atoms with Gasteiger partial charge in [0.25, 0.3) is 0 Å². The summed E-state index contributed by atoms with van der Waals surface area (Å²) in [5.41, 5.74) is 3.94. The van der Waals surface area contributed by atoms with Gasteiger partial charge in [-0.3, -0.25) is 0 Å². The van der Waals surface area contributed by atoms with Crippen LogP contribution in [0.2, 0.25) is 0 Å². The average molecular weight is 266 g/mol. The molecule has 2 heteroatoms. The molecule has 1 nitrogen and oxygen atoms in total. The van der Waals surface area contributed by atoms with E-state index in [1.165, 1.54) is 55.6 Å². The highest BCUT2D eigenvalue weighted by Gasteiger charge is 2.20. The van der Waals surface area contributed by atoms with Crippen LogP contribution in [-0.2, 0) is 5.88 Å². The second kappa shape index (κ2) is 6.47. The van der Waals surface area contributed by atoms with E-state index in [9.17, 15) is 0 Å². The van der Waals surface area contributed by atoms with Crippen LogP contribution in [0.1, 0.15) is 43.7 Å². The van der Waals surface area contributed by atoms with Gasteiger partial charge in [0.05, 0.1) is 0 Å². The summed E-state index contributed by atoms with van der Waals surface area (Å²) < 4.78 is 0. The molecule has 0 aromatic heterocycles. The normalized spacial score (nSPS) is 17.2. The van der Waals surface area contributed by atoms with Crippen LogP contribution in [0.5, 0.6) is 0 Å². The van der Waals surface area contributed by atoms with Crippen LogP contribution in [0.15, 0.2) is 18.2 Å². The molecular weight excluding hydrogens is 242 g/mol. The summed E-state index contributed by atoms with van der Waals surface area (Å²) in [4.78, 5) is 2.52. The molecular formula is C16H24ClN. The van der Waals surface area contributed by atoms with Gasteiger partial charge in [-0.05, 0) is 37.3 Å². The molecule has 0 unspecified atom stereocenters. The van der Waals surface area contributed by atoms with E-state index >= 15 is 0 Å². The number of piperidine rings is 1. The highest BCUT2D eigenvalue weighted by Crippen LogP contribution is 2.29. The van der Waals surface area contributed by atoms with Gasteiger partial charge < -0.3 is 4.90 Å². The fraction of sp³-hybridized carbons (Fsp3) is 0.625. The zero-order valence-corrected chi connectivity index (χ0v) is 12.3. The van der Waals surface area contributed by atoms with Crippen LogP contribution in [-0.4, -0.2) is 13.1 Å². The maximum Gasteiger partial charge on any atom is 0.0494 e. The number of halogens is 1. The summed E-state index contributed by atoms with van der Waals surface area (Å²) in [5.74, 6) is 1.56. The van der Waals surface area contributed by atoms with E-state index < -0.39 is 0 Å². The number of hydrogen-bond acceptors (Lipinski definition) is 1. The monoisotopic (exact) mass is 265 g/mol. The van der Waals surface area contributed by atoms with Crippen molar-refractivity contribution in [1.29, 1.82) is 0 Å². The number of alkyl halides is 1. The van der Waals surface area contributed by atoms with Crippen LogP contribution in [0.4, 0.5) is 5.69 Å². The minimum atomic E-state index is 0.617. The molecule has 1 saturated heterocycles.